The van der Waals surface area contributed by atoms with Crippen LogP contribution in [0.2, 0.25) is 0 Å². The second-order valence-corrected chi connectivity index (χ2v) is 7.36. The number of anilines is 1. The first-order valence-corrected chi connectivity index (χ1v) is 10.2. The van der Waals surface area contributed by atoms with E-state index in [9.17, 15) is 9.59 Å². The van der Waals surface area contributed by atoms with Crippen LogP contribution < -0.4 is 10.1 Å². The molecule has 4 rings (SSSR count). The summed E-state index contributed by atoms with van der Waals surface area (Å²) < 4.78 is 7.00. The Hall–Kier alpha value is -4.19. The largest absolute Gasteiger partial charge is 0.497 e. The molecule has 0 atom stereocenters. The van der Waals surface area contributed by atoms with Crippen LogP contribution in [0.15, 0.2) is 85.1 Å². The number of para-hydroxylation sites is 1. The zero-order valence-corrected chi connectivity index (χ0v) is 17.9. The molecule has 160 valence electrons. The highest BCUT2D eigenvalue weighted by Crippen LogP contribution is 2.26. The van der Waals surface area contributed by atoms with Crippen LogP contribution in [0.25, 0.3) is 11.3 Å². The van der Waals surface area contributed by atoms with Crippen molar-refractivity contribution in [3.8, 4) is 17.0 Å². The summed E-state index contributed by atoms with van der Waals surface area (Å²) in [5, 5.41) is 7.58. The van der Waals surface area contributed by atoms with Gasteiger partial charge >= 0.3 is 0 Å². The monoisotopic (exact) mass is 425 g/mol. The van der Waals surface area contributed by atoms with Crippen LogP contribution >= 0.6 is 0 Å². The SMILES string of the molecule is COc1ccc(-c2nn(Cc3ccccc3)cc2C(=O)Nc2ccccc2C(C)=O)cc1. The average Bonchev–Trinajstić information content (AvgIpc) is 3.24. The van der Waals surface area contributed by atoms with Crippen LogP contribution in [0.4, 0.5) is 5.69 Å². The van der Waals surface area contributed by atoms with Gasteiger partial charge in [-0.2, -0.15) is 5.10 Å². The van der Waals surface area contributed by atoms with E-state index in [-0.39, 0.29) is 11.7 Å². The van der Waals surface area contributed by atoms with Crippen LogP contribution in [-0.4, -0.2) is 28.6 Å². The Morgan fingerprint density at radius 1 is 0.906 bits per heavy atom. The first-order valence-electron chi connectivity index (χ1n) is 10.2. The number of ether oxygens (including phenoxy) is 1. The number of nitrogens with zero attached hydrogens (tertiary/aromatic N) is 2. The Kier molecular flexibility index (Phi) is 6.12. The fourth-order valence-corrected chi connectivity index (χ4v) is 3.49. The molecule has 1 amide bonds. The van der Waals surface area contributed by atoms with Crippen molar-refractivity contribution >= 4 is 17.4 Å². The molecule has 32 heavy (non-hydrogen) atoms. The number of nitrogens with one attached hydrogen (secondary N) is 1. The number of methoxy groups -OCH3 is 1. The summed E-state index contributed by atoms with van der Waals surface area (Å²) in [6, 6.07) is 24.3. The topological polar surface area (TPSA) is 73.2 Å². The van der Waals surface area contributed by atoms with Gasteiger partial charge in [-0.15, -0.1) is 0 Å². The molecule has 0 fully saturated rings. The molecular weight excluding hydrogens is 402 g/mol. The summed E-state index contributed by atoms with van der Waals surface area (Å²) in [4.78, 5) is 25.2. The van der Waals surface area contributed by atoms with E-state index < -0.39 is 0 Å². The lowest BCUT2D eigenvalue weighted by molar-refractivity contribution is 0.101. The minimum atomic E-state index is -0.330. The highest BCUT2D eigenvalue weighted by atomic mass is 16.5. The first-order chi connectivity index (χ1) is 15.5. The van der Waals surface area contributed by atoms with E-state index in [0.29, 0.717) is 29.1 Å². The fourth-order valence-electron chi connectivity index (χ4n) is 3.49. The second kappa shape index (κ2) is 9.31. The molecule has 0 aliphatic carbocycles. The van der Waals surface area contributed by atoms with Gasteiger partial charge in [-0.05, 0) is 48.9 Å². The average molecular weight is 425 g/mol. The number of carbonyl (C=O) groups is 2. The zero-order valence-electron chi connectivity index (χ0n) is 17.9. The standard InChI is InChI=1S/C26H23N3O3/c1-18(30)22-10-6-7-11-24(22)27-26(31)23-17-29(16-19-8-4-3-5-9-19)28-25(23)20-12-14-21(32-2)15-13-20/h3-15,17H,16H2,1-2H3,(H,27,31). The zero-order chi connectivity index (χ0) is 22.5. The summed E-state index contributed by atoms with van der Waals surface area (Å²) in [5.74, 6) is 0.277. The smallest absolute Gasteiger partial charge is 0.259 e. The van der Waals surface area contributed by atoms with Crippen molar-refractivity contribution in [3.63, 3.8) is 0 Å². The molecule has 1 N–H and O–H groups in total. The van der Waals surface area contributed by atoms with Crippen molar-refractivity contribution in [2.75, 3.05) is 12.4 Å². The lowest BCUT2D eigenvalue weighted by atomic mass is 10.1. The molecule has 3 aromatic carbocycles. The Balaban J connectivity index is 1.71. The maximum atomic E-state index is 13.3. The summed E-state index contributed by atoms with van der Waals surface area (Å²) in [7, 11) is 1.61. The van der Waals surface area contributed by atoms with Crippen molar-refractivity contribution in [3.05, 3.63) is 102 Å². The molecule has 0 saturated carbocycles. The van der Waals surface area contributed by atoms with Crippen molar-refractivity contribution in [2.24, 2.45) is 0 Å². The van der Waals surface area contributed by atoms with Crippen molar-refractivity contribution in [1.29, 1.82) is 0 Å². The molecular formula is C26H23N3O3. The summed E-state index contributed by atoms with van der Waals surface area (Å²) in [6.45, 7) is 2.01. The molecule has 1 heterocycles. The molecule has 0 radical (unpaired) electrons. The molecule has 0 saturated heterocycles. The third-order valence-electron chi connectivity index (χ3n) is 5.11. The maximum Gasteiger partial charge on any atom is 0.259 e. The molecule has 0 aliphatic rings. The van der Waals surface area contributed by atoms with Gasteiger partial charge in [0.1, 0.15) is 11.4 Å². The van der Waals surface area contributed by atoms with E-state index in [1.165, 1.54) is 6.92 Å². The Labute approximate surface area is 186 Å². The highest BCUT2D eigenvalue weighted by Gasteiger charge is 2.20. The van der Waals surface area contributed by atoms with Crippen LogP contribution in [0.3, 0.4) is 0 Å². The van der Waals surface area contributed by atoms with E-state index >= 15 is 0 Å². The molecule has 0 spiro atoms. The number of ketones is 1. The predicted octanol–water partition coefficient (Wildman–Crippen LogP) is 5.06. The second-order valence-electron chi connectivity index (χ2n) is 7.36. The number of Topliss-reactive ketones (excluding diaryl/α,β-unsaturated/α-hetero) is 1. The third kappa shape index (κ3) is 4.59. The lowest BCUT2D eigenvalue weighted by Crippen LogP contribution is -2.14. The van der Waals surface area contributed by atoms with E-state index in [4.69, 9.17) is 9.84 Å². The van der Waals surface area contributed by atoms with Crippen LogP contribution in [0, 0.1) is 0 Å². The van der Waals surface area contributed by atoms with Crippen LogP contribution in [0.5, 0.6) is 5.75 Å². The summed E-state index contributed by atoms with van der Waals surface area (Å²) in [5.41, 5.74) is 3.78. The molecule has 0 bridgehead atoms. The summed E-state index contributed by atoms with van der Waals surface area (Å²) >= 11 is 0. The van der Waals surface area contributed by atoms with E-state index in [0.717, 1.165) is 16.9 Å². The molecule has 0 aliphatic heterocycles. The number of carbonyl (C=O) groups excluding carboxylic acids is 2. The van der Waals surface area contributed by atoms with Crippen molar-refractivity contribution < 1.29 is 14.3 Å². The quantitative estimate of drug-likeness (QED) is 0.420. The highest BCUT2D eigenvalue weighted by molar-refractivity contribution is 6.11. The van der Waals surface area contributed by atoms with Crippen LogP contribution in [-0.2, 0) is 6.54 Å². The number of benzene rings is 3. The van der Waals surface area contributed by atoms with E-state index in [1.54, 1.807) is 42.3 Å². The van der Waals surface area contributed by atoms with E-state index in [2.05, 4.69) is 5.32 Å². The third-order valence-corrected chi connectivity index (χ3v) is 5.11. The van der Waals surface area contributed by atoms with Gasteiger partial charge in [0.25, 0.3) is 5.91 Å². The Morgan fingerprint density at radius 3 is 2.28 bits per heavy atom. The van der Waals surface area contributed by atoms with Gasteiger partial charge in [0.2, 0.25) is 0 Å². The number of hydrogen-bond donors (Lipinski definition) is 1. The summed E-state index contributed by atoms with van der Waals surface area (Å²) in [6.07, 6.45) is 1.73. The van der Waals surface area contributed by atoms with Crippen LogP contribution in [0.1, 0.15) is 33.2 Å². The molecule has 1 aromatic heterocycles. The van der Waals surface area contributed by atoms with E-state index in [1.807, 2.05) is 54.6 Å². The number of amides is 1. The van der Waals surface area contributed by atoms with Gasteiger partial charge in [-0.1, -0.05) is 42.5 Å². The van der Waals surface area contributed by atoms with Gasteiger partial charge in [0, 0.05) is 17.3 Å². The molecule has 6 nitrogen and oxygen atoms in total. The minimum absolute atomic E-state index is 0.115. The van der Waals surface area contributed by atoms with Gasteiger partial charge in [-0.3, -0.25) is 14.3 Å². The van der Waals surface area contributed by atoms with Gasteiger partial charge in [-0.25, -0.2) is 0 Å². The first kappa shape index (κ1) is 21.1. The number of hydrogen-bond acceptors (Lipinski definition) is 4. The van der Waals surface area contributed by atoms with Gasteiger partial charge in [0.05, 0.1) is 24.9 Å². The minimum Gasteiger partial charge on any atom is -0.497 e. The number of aromatic nitrogens is 2. The van der Waals surface area contributed by atoms with Crippen molar-refractivity contribution in [1.82, 2.24) is 9.78 Å². The predicted molar refractivity (Wildman–Crippen MR) is 124 cm³/mol. The molecule has 6 heteroatoms. The Morgan fingerprint density at radius 2 is 1.59 bits per heavy atom. The normalized spacial score (nSPS) is 10.6. The molecule has 4 aromatic rings. The Bertz CT molecular complexity index is 1250. The lowest BCUT2D eigenvalue weighted by Gasteiger charge is -2.09. The molecule has 0 unspecified atom stereocenters. The fraction of sp³-hybridized carbons (Fsp3) is 0.115. The van der Waals surface area contributed by atoms with Gasteiger partial charge in [0.15, 0.2) is 5.78 Å². The number of rotatable bonds is 7. The van der Waals surface area contributed by atoms with Gasteiger partial charge < -0.3 is 10.1 Å². The van der Waals surface area contributed by atoms with Crippen molar-refractivity contribution in [2.45, 2.75) is 13.5 Å². The maximum absolute atomic E-state index is 13.3.